The van der Waals surface area contributed by atoms with Gasteiger partial charge in [-0.25, -0.2) is 10.8 Å². The van der Waals surface area contributed by atoms with Crippen molar-refractivity contribution in [2.24, 2.45) is 11.8 Å². The lowest BCUT2D eigenvalue weighted by Gasteiger charge is -2.38. The Balaban J connectivity index is 1.71. The summed E-state index contributed by atoms with van der Waals surface area (Å²) in [7, 11) is 1.70. The third-order valence-corrected chi connectivity index (χ3v) is 7.15. The van der Waals surface area contributed by atoms with Crippen molar-refractivity contribution in [1.29, 1.82) is 0 Å². The van der Waals surface area contributed by atoms with E-state index in [4.69, 9.17) is 20.7 Å². The molecule has 2 aliphatic carbocycles. The van der Waals surface area contributed by atoms with E-state index in [1.165, 1.54) is 30.5 Å². The van der Waals surface area contributed by atoms with Crippen molar-refractivity contribution >= 4 is 11.5 Å². The predicted octanol–water partition coefficient (Wildman–Crippen LogP) is 4.38. The number of nitrogens with two attached hydrogens (primary N) is 1. The Kier molecular flexibility index (Phi) is 4.69. The Morgan fingerprint density at radius 1 is 1.20 bits per heavy atom. The molecule has 2 N–H and O–H groups in total. The molecular formula is C24H31N5O. The van der Waals surface area contributed by atoms with E-state index in [-0.39, 0.29) is 0 Å². The Morgan fingerprint density at radius 2 is 2.00 bits per heavy atom. The second-order valence-corrected chi connectivity index (χ2v) is 8.93. The maximum Gasteiger partial charge on any atom is 0.165 e. The standard InChI is InChI=1S/C24H31N5O/c1-14-13-18(30-4)11-12-19(14)22-15(2)27-29-23(22)26-21-10-6-9-20(21)24(29)28(25)16(3)17-7-5-8-17/h11-13,16-17H,5-10,25H2,1-4H3. The zero-order valence-corrected chi connectivity index (χ0v) is 18.4. The largest absolute Gasteiger partial charge is 0.497 e. The number of ether oxygens (including phenoxy) is 1. The summed E-state index contributed by atoms with van der Waals surface area (Å²) >= 11 is 0. The first kappa shape index (κ1) is 19.4. The number of anilines is 1. The second kappa shape index (κ2) is 7.27. The van der Waals surface area contributed by atoms with E-state index in [2.05, 4.69) is 32.9 Å². The number of benzene rings is 1. The fourth-order valence-electron chi connectivity index (χ4n) is 5.08. The summed E-state index contributed by atoms with van der Waals surface area (Å²) in [4.78, 5) is 5.10. The van der Waals surface area contributed by atoms with Crippen LogP contribution in [0, 0.1) is 19.8 Å². The number of fused-ring (bicyclic) bond motifs is 2. The molecule has 1 aromatic carbocycles. The molecule has 1 saturated carbocycles. The minimum atomic E-state index is 0.296. The van der Waals surface area contributed by atoms with Crippen LogP contribution < -0.4 is 15.6 Å². The van der Waals surface area contributed by atoms with Crippen LogP contribution in [-0.4, -0.2) is 27.7 Å². The summed E-state index contributed by atoms with van der Waals surface area (Å²) < 4.78 is 7.41. The SMILES string of the molecule is COc1ccc(-c2c(C)nn3c(N(N)C(C)C4CCC4)c4c(nc23)CCC4)c(C)c1. The van der Waals surface area contributed by atoms with E-state index in [0.29, 0.717) is 12.0 Å². The molecule has 2 aliphatic rings. The van der Waals surface area contributed by atoms with Gasteiger partial charge in [0, 0.05) is 22.9 Å². The summed E-state index contributed by atoms with van der Waals surface area (Å²) in [6.07, 6.45) is 7.00. The molecule has 5 rings (SSSR count). The van der Waals surface area contributed by atoms with Crippen LogP contribution in [0.3, 0.4) is 0 Å². The lowest BCUT2D eigenvalue weighted by atomic mass is 9.80. The van der Waals surface area contributed by atoms with Crippen LogP contribution in [0.25, 0.3) is 16.8 Å². The van der Waals surface area contributed by atoms with Crippen LogP contribution in [0.4, 0.5) is 5.82 Å². The van der Waals surface area contributed by atoms with Crippen molar-refractivity contribution in [3.05, 3.63) is 40.7 Å². The zero-order chi connectivity index (χ0) is 21.0. The van der Waals surface area contributed by atoms with Crippen LogP contribution >= 0.6 is 0 Å². The molecule has 30 heavy (non-hydrogen) atoms. The molecule has 0 bridgehead atoms. The van der Waals surface area contributed by atoms with Gasteiger partial charge in [0.25, 0.3) is 0 Å². The maximum absolute atomic E-state index is 6.78. The average molecular weight is 406 g/mol. The summed E-state index contributed by atoms with van der Waals surface area (Å²) in [5.74, 6) is 9.34. The van der Waals surface area contributed by atoms with Gasteiger partial charge in [0.1, 0.15) is 5.75 Å². The lowest BCUT2D eigenvalue weighted by Crippen LogP contribution is -2.47. The number of hydrazine groups is 1. The Morgan fingerprint density at radius 3 is 2.67 bits per heavy atom. The summed E-state index contributed by atoms with van der Waals surface area (Å²) in [6, 6.07) is 6.49. The highest BCUT2D eigenvalue weighted by Gasteiger charge is 2.32. The number of nitrogens with zero attached hydrogens (tertiary/aromatic N) is 4. The topological polar surface area (TPSA) is 68.7 Å². The van der Waals surface area contributed by atoms with Crippen molar-refractivity contribution < 1.29 is 4.74 Å². The van der Waals surface area contributed by atoms with Crippen molar-refractivity contribution in [2.75, 3.05) is 12.1 Å². The number of hydrogen-bond donors (Lipinski definition) is 1. The van der Waals surface area contributed by atoms with Gasteiger partial charge in [0.05, 0.1) is 12.8 Å². The molecule has 2 heterocycles. The predicted molar refractivity (Wildman–Crippen MR) is 120 cm³/mol. The van der Waals surface area contributed by atoms with Gasteiger partial charge < -0.3 is 4.74 Å². The van der Waals surface area contributed by atoms with Gasteiger partial charge in [0.2, 0.25) is 0 Å². The molecule has 1 atom stereocenters. The van der Waals surface area contributed by atoms with Gasteiger partial charge in [-0.15, -0.1) is 0 Å². The summed E-state index contributed by atoms with van der Waals surface area (Å²) in [6.45, 7) is 6.43. The van der Waals surface area contributed by atoms with Crippen LogP contribution in [0.2, 0.25) is 0 Å². The summed E-state index contributed by atoms with van der Waals surface area (Å²) in [5, 5.41) is 6.94. The lowest BCUT2D eigenvalue weighted by molar-refractivity contribution is 0.262. The van der Waals surface area contributed by atoms with E-state index in [9.17, 15) is 0 Å². The number of methoxy groups -OCH3 is 1. The molecule has 158 valence electrons. The van der Waals surface area contributed by atoms with Gasteiger partial charge in [-0.3, -0.25) is 5.01 Å². The molecule has 1 unspecified atom stereocenters. The smallest absolute Gasteiger partial charge is 0.165 e. The molecule has 6 nitrogen and oxygen atoms in total. The highest BCUT2D eigenvalue weighted by Crippen LogP contribution is 2.39. The van der Waals surface area contributed by atoms with Gasteiger partial charge >= 0.3 is 0 Å². The fourth-order valence-corrected chi connectivity index (χ4v) is 5.08. The van der Waals surface area contributed by atoms with Gasteiger partial charge in [-0.1, -0.05) is 12.5 Å². The molecule has 1 fully saturated rings. The normalized spacial score (nSPS) is 17.1. The van der Waals surface area contributed by atoms with Gasteiger partial charge in [-0.2, -0.15) is 9.61 Å². The molecular weight excluding hydrogens is 374 g/mol. The molecule has 0 aliphatic heterocycles. The van der Waals surface area contributed by atoms with E-state index in [1.54, 1.807) is 7.11 Å². The van der Waals surface area contributed by atoms with Crippen molar-refractivity contribution in [1.82, 2.24) is 14.6 Å². The first-order chi connectivity index (χ1) is 14.5. The summed E-state index contributed by atoms with van der Waals surface area (Å²) in [5.41, 5.74) is 7.74. The van der Waals surface area contributed by atoms with Crippen molar-refractivity contribution in [3.63, 3.8) is 0 Å². The van der Waals surface area contributed by atoms with Crippen LogP contribution in [0.15, 0.2) is 18.2 Å². The van der Waals surface area contributed by atoms with Crippen LogP contribution in [0.1, 0.15) is 55.1 Å². The molecule has 6 heteroatoms. The molecule has 0 spiro atoms. The Bertz CT molecular complexity index is 1110. The molecule has 3 aromatic rings. The molecule has 0 amide bonds. The van der Waals surface area contributed by atoms with E-state index in [0.717, 1.165) is 58.9 Å². The number of rotatable bonds is 5. The monoisotopic (exact) mass is 405 g/mol. The third kappa shape index (κ3) is 2.88. The van der Waals surface area contributed by atoms with Crippen LogP contribution in [0.5, 0.6) is 5.75 Å². The number of aromatic nitrogens is 3. The van der Waals surface area contributed by atoms with E-state index < -0.39 is 0 Å². The average Bonchev–Trinajstić information content (AvgIpc) is 3.27. The minimum Gasteiger partial charge on any atom is -0.497 e. The minimum absolute atomic E-state index is 0.296. The fraction of sp³-hybridized carbons (Fsp3) is 0.500. The highest BCUT2D eigenvalue weighted by atomic mass is 16.5. The Hall–Kier alpha value is -2.60. The second-order valence-electron chi connectivity index (χ2n) is 8.93. The molecule has 0 saturated heterocycles. The first-order valence-corrected chi connectivity index (χ1v) is 11.1. The first-order valence-electron chi connectivity index (χ1n) is 11.1. The van der Waals surface area contributed by atoms with E-state index in [1.807, 2.05) is 15.6 Å². The maximum atomic E-state index is 6.78. The number of aryl methyl sites for hydroxylation is 3. The molecule has 0 radical (unpaired) electrons. The molecule has 2 aromatic heterocycles. The van der Waals surface area contributed by atoms with Crippen molar-refractivity contribution in [2.45, 2.75) is 65.3 Å². The van der Waals surface area contributed by atoms with Crippen molar-refractivity contribution in [3.8, 4) is 16.9 Å². The van der Waals surface area contributed by atoms with Gasteiger partial charge in [0.15, 0.2) is 11.5 Å². The zero-order valence-electron chi connectivity index (χ0n) is 18.4. The number of hydrogen-bond acceptors (Lipinski definition) is 5. The highest BCUT2D eigenvalue weighted by molar-refractivity contribution is 5.83. The van der Waals surface area contributed by atoms with E-state index >= 15 is 0 Å². The van der Waals surface area contributed by atoms with Crippen LogP contribution in [-0.2, 0) is 12.8 Å². The van der Waals surface area contributed by atoms with Gasteiger partial charge in [-0.05, 0) is 82.1 Å². The quantitative estimate of drug-likeness (QED) is 0.504. The Labute approximate surface area is 178 Å². The third-order valence-electron chi connectivity index (χ3n) is 7.15.